The zero-order chi connectivity index (χ0) is 15.4. The highest BCUT2D eigenvalue weighted by Crippen LogP contribution is 2.31. The number of hydrogen-bond donors (Lipinski definition) is 0. The Balaban J connectivity index is 2.20. The van der Waals surface area contributed by atoms with Crippen LogP contribution >= 0.6 is 0 Å². The Morgan fingerprint density at radius 3 is 2.62 bits per heavy atom. The van der Waals surface area contributed by atoms with Crippen LogP contribution < -0.4 is 9.47 Å². The monoisotopic (exact) mass is 295 g/mol. The molecular weight excluding hydrogens is 284 g/mol. The van der Waals surface area contributed by atoms with Gasteiger partial charge in [0, 0.05) is 11.6 Å². The first-order valence-corrected chi connectivity index (χ1v) is 5.91. The summed E-state index contributed by atoms with van der Waals surface area (Å²) in [4.78, 5) is 10.1. The molecule has 0 saturated heterocycles. The molecule has 0 aliphatic heterocycles. The van der Waals surface area contributed by atoms with Gasteiger partial charge in [-0.2, -0.15) is 0 Å². The standard InChI is InChI=1S/C14H11F2NO4/c1-20-13-7-10(17(18)19)5-6-12(13)21-8-9-3-2-4-11(15)14(9)16/h2-7H,8H2,1H3. The van der Waals surface area contributed by atoms with Crippen LogP contribution in [0, 0.1) is 21.7 Å². The minimum atomic E-state index is -0.988. The molecule has 21 heavy (non-hydrogen) atoms. The van der Waals surface area contributed by atoms with Gasteiger partial charge in [-0.3, -0.25) is 10.1 Å². The lowest BCUT2D eigenvalue weighted by atomic mass is 10.2. The Morgan fingerprint density at radius 1 is 1.19 bits per heavy atom. The van der Waals surface area contributed by atoms with E-state index in [2.05, 4.69) is 0 Å². The van der Waals surface area contributed by atoms with E-state index in [1.165, 1.54) is 37.4 Å². The molecule has 0 saturated carbocycles. The lowest BCUT2D eigenvalue weighted by Crippen LogP contribution is -2.02. The molecule has 0 unspecified atom stereocenters. The smallest absolute Gasteiger partial charge is 0.273 e. The summed E-state index contributed by atoms with van der Waals surface area (Å²) >= 11 is 0. The summed E-state index contributed by atoms with van der Waals surface area (Å²) in [6.45, 7) is -0.224. The van der Waals surface area contributed by atoms with Gasteiger partial charge in [-0.05, 0) is 12.1 Å². The summed E-state index contributed by atoms with van der Waals surface area (Å²) < 4.78 is 36.9. The third-order valence-electron chi connectivity index (χ3n) is 2.77. The van der Waals surface area contributed by atoms with Crippen LogP contribution in [0.2, 0.25) is 0 Å². The topological polar surface area (TPSA) is 61.6 Å². The molecule has 2 aromatic rings. The molecule has 0 heterocycles. The maximum atomic E-state index is 13.5. The van der Waals surface area contributed by atoms with E-state index in [0.717, 1.165) is 6.07 Å². The van der Waals surface area contributed by atoms with Crippen LogP contribution in [-0.4, -0.2) is 12.0 Å². The van der Waals surface area contributed by atoms with Gasteiger partial charge in [-0.1, -0.05) is 12.1 Å². The first-order valence-electron chi connectivity index (χ1n) is 5.91. The molecule has 7 heteroatoms. The summed E-state index contributed by atoms with van der Waals surface area (Å²) in [6.07, 6.45) is 0. The largest absolute Gasteiger partial charge is 0.493 e. The van der Waals surface area contributed by atoms with Gasteiger partial charge in [0.15, 0.2) is 23.1 Å². The van der Waals surface area contributed by atoms with E-state index in [-0.39, 0.29) is 29.4 Å². The first kappa shape index (κ1) is 14.7. The molecule has 2 aromatic carbocycles. The van der Waals surface area contributed by atoms with Gasteiger partial charge in [-0.15, -0.1) is 0 Å². The van der Waals surface area contributed by atoms with Crippen LogP contribution in [0.25, 0.3) is 0 Å². The normalized spacial score (nSPS) is 10.2. The maximum absolute atomic E-state index is 13.5. The summed E-state index contributed by atoms with van der Waals surface area (Å²) in [5.41, 5.74) is -0.119. The molecule has 0 amide bonds. The van der Waals surface area contributed by atoms with Crippen LogP contribution in [0.15, 0.2) is 36.4 Å². The highest BCUT2D eigenvalue weighted by molar-refractivity contribution is 5.48. The third kappa shape index (κ3) is 3.25. The molecule has 2 rings (SSSR count). The minimum absolute atomic E-state index is 0.0374. The van der Waals surface area contributed by atoms with Gasteiger partial charge < -0.3 is 9.47 Å². The lowest BCUT2D eigenvalue weighted by molar-refractivity contribution is -0.385. The number of nitrogens with zero attached hydrogens (tertiary/aromatic N) is 1. The summed E-state index contributed by atoms with van der Waals surface area (Å²) in [7, 11) is 1.33. The second-order valence-corrected chi connectivity index (χ2v) is 4.09. The summed E-state index contributed by atoms with van der Waals surface area (Å²) in [5.74, 6) is -1.61. The van der Waals surface area contributed by atoms with E-state index in [4.69, 9.17) is 9.47 Å². The molecule has 0 aromatic heterocycles. The molecule has 0 atom stereocenters. The average molecular weight is 295 g/mol. The van der Waals surface area contributed by atoms with Crippen molar-refractivity contribution in [1.82, 2.24) is 0 Å². The van der Waals surface area contributed by atoms with Crippen molar-refractivity contribution >= 4 is 5.69 Å². The Hall–Kier alpha value is -2.70. The predicted molar refractivity (Wildman–Crippen MR) is 70.3 cm³/mol. The van der Waals surface area contributed by atoms with E-state index < -0.39 is 16.6 Å². The van der Waals surface area contributed by atoms with E-state index in [0.29, 0.717) is 0 Å². The molecular formula is C14H11F2NO4. The van der Waals surface area contributed by atoms with Crippen molar-refractivity contribution in [2.24, 2.45) is 0 Å². The van der Waals surface area contributed by atoms with E-state index >= 15 is 0 Å². The van der Waals surface area contributed by atoms with Gasteiger partial charge in [0.25, 0.3) is 5.69 Å². The number of nitro benzene ring substituents is 1. The lowest BCUT2D eigenvalue weighted by Gasteiger charge is -2.11. The van der Waals surface area contributed by atoms with Gasteiger partial charge in [0.05, 0.1) is 18.1 Å². The quantitative estimate of drug-likeness (QED) is 0.626. The Kier molecular flexibility index (Phi) is 4.32. The fourth-order valence-corrected chi connectivity index (χ4v) is 1.70. The number of methoxy groups -OCH3 is 1. The van der Waals surface area contributed by atoms with Crippen LogP contribution in [0.4, 0.5) is 14.5 Å². The highest BCUT2D eigenvalue weighted by Gasteiger charge is 2.14. The van der Waals surface area contributed by atoms with Gasteiger partial charge in [0.1, 0.15) is 6.61 Å². The van der Waals surface area contributed by atoms with Crippen molar-refractivity contribution in [2.45, 2.75) is 6.61 Å². The number of halogens is 2. The zero-order valence-electron chi connectivity index (χ0n) is 11.0. The maximum Gasteiger partial charge on any atom is 0.273 e. The number of ether oxygens (including phenoxy) is 2. The average Bonchev–Trinajstić information content (AvgIpc) is 2.48. The van der Waals surface area contributed by atoms with E-state index in [9.17, 15) is 18.9 Å². The molecule has 0 radical (unpaired) electrons. The van der Waals surface area contributed by atoms with Crippen molar-refractivity contribution in [2.75, 3.05) is 7.11 Å². The second-order valence-electron chi connectivity index (χ2n) is 4.09. The van der Waals surface area contributed by atoms with Crippen LogP contribution in [0.3, 0.4) is 0 Å². The molecule has 5 nitrogen and oxygen atoms in total. The summed E-state index contributed by atoms with van der Waals surface area (Å²) in [5, 5.41) is 10.7. The van der Waals surface area contributed by atoms with E-state index in [1.54, 1.807) is 0 Å². The summed E-state index contributed by atoms with van der Waals surface area (Å²) in [6, 6.07) is 7.52. The number of benzene rings is 2. The van der Waals surface area contributed by atoms with Crippen molar-refractivity contribution in [1.29, 1.82) is 0 Å². The third-order valence-corrected chi connectivity index (χ3v) is 2.77. The molecule has 0 fully saturated rings. The Morgan fingerprint density at radius 2 is 1.95 bits per heavy atom. The molecule has 0 spiro atoms. The number of non-ortho nitro benzene ring substituents is 1. The first-order chi connectivity index (χ1) is 10.0. The van der Waals surface area contributed by atoms with Crippen molar-refractivity contribution < 1.29 is 23.2 Å². The number of hydrogen-bond acceptors (Lipinski definition) is 4. The molecule has 0 aliphatic carbocycles. The van der Waals surface area contributed by atoms with Gasteiger partial charge >= 0.3 is 0 Å². The van der Waals surface area contributed by atoms with Crippen LogP contribution in [0.5, 0.6) is 11.5 Å². The van der Waals surface area contributed by atoms with Crippen LogP contribution in [0.1, 0.15) is 5.56 Å². The SMILES string of the molecule is COc1cc([N+](=O)[O-])ccc1OCc1cccc(F)c1F. The second kappa shape index (κ2) is 6.17. The number of nitro groups is 1. The highest BCUT2D eigenvalue weighted by atomic mass is 19.2. The van der Waals surface area contributed by atoms with Crippen molar-refractivity contribution in [3.05, 3.63) is 63.7 Å². The van der Waals surface area contributed by atoms with Crippen molar-refractivity contribution in [3.63, 3.8) is 0 Å². The molecule has 0 N–H and O–H groups in total. The Bertz CT molecular complexity index is 676. The Labute approximate surface area is 118 Å². The van der Waals surface area contributed by atoms with Gasteiger partial charge in [0.2, 0.25) is 0 Å². The minimum Gasteiger partial charge on any atom is -0.493 e. The zero-order valence-corrected chi connectivity index (χ0v) is 11.0. The van der Waals surface area contributed by atoms with Crippen molar-refractivity contribution in [3.8, 4) is 11.5 Å². The molecule has 110 valence electrons. The number of rotatable bonds is 5. The fourth-order valence-electron chi connectivity index (χ4n) is 1.70. The van der Waals surface area contributed by atoms with Gasteiger partial charge in [-0.25, -0.2) is 8.78 Å². The van der Waals surface area contributed by atoms with E-state index in [1.807, 2.05) is 0 Å². The molecule has 0 bridgehead atoms. The van der Waals surface area contributed by atoms with Crippen LogP contribution in [-0.2, 0) is 6.61 Å². The fraction of sp³-hybridized carbons (Fsp3) is 0.143. The predicted octanol–water partition coefficient (Wildman–Crippen LogP) is 3.46. The molecule has 0 aliphatic rings.